The number of hydrogen-bond acceptors (Lipinski definition) is 3. The van der Waals surface area contributed by atoms with Crippen molar-refractivity contribution in [3.05, 3.63) is 46.5 Å². The van der Waals surface area contributed by atoms with Crippen LogP contribution >= 0.6 is 11.6 Å². The van der Waals surface area contributed by atoms with Crippen molar-refractivity contribution in [1.29, 1.82) is 0 Å². The highest BCUT2D eigenvalue weighted by atomic mass is 35.5. The maximum atomic E-state index is 6.37. The summed E-state index contributed by atoms with van der Waals surface area (Å²) in [6.07, 6.45) is 4.78. The van der Waals surface area contributed by atoms with Crippen LogP contribution in [0.25, 0.3) is 0 Å². The fourth-order valence-electron chi connectivity index (χ4n) is 2.41. The lowest BCUT2D eigenvalue weighted by Gasteiger charge is -2.28. The van der Waals surface area contributed by atoms with Crippen LogP contribution in [-0.2, 0) is 20.1 Å². The van der Waals surface area contributed by atoms with Gasteiger partial charge >= 0.3 is 0 Å². The monoisotopic (exact) mass is 306 g/mol. The molecule has 2 aromatic rings. The molecule has 0 spiro atoms. The molecule has 2 rings (SSSR count). The zero-order valence-corrected chi connectivity index (χ0v) is 13.9. The third-order valence-electron chi connectivity index (χ3n) is 3.98. The highest BCUT2D eigenvalue weighted by Crippen LogP contribution is 2.23. The molecule has 1 atom stereocenters. The van der Waals surface area contributed by atoms with Gasteiger partial charge < -0.3 is 0 Å². The van der Waals surface area contributed by atoms with Crippen molar-refractivity contribution in [2.45, 2.75) is 46.3 Å². The molecule has 2 aromatic heterocycles. The largest absolute Gasteiger partial charge is 0.292 e. The lowest BCUT2D eigenvalue weighted by atomic mass is 10.1. The molecule has 21 heavy (non-hydrogen) atoms. The second kappa shape index (κ2) is 7.05. The summed E-state index contributed by atoms with van der Waals surface area (Å²) in [6.45, 7) is 8.18. The Labute approximate surface area is 131 Å². The molecule has 0 amide bonds. The van der Waals surface area contributed by atoms with E-state index in [1.807, 2.05) is 26.4 Å². The van der Waals surface area contributed by atoms with Crippen LogP contribution < -0.4 is 0 Å². The Kier molecular flexibility index (Phi) is 5.37. The van der Waals surface area contributed by atoms with Crippen molar-refractivity contribution in [2.75, 3.05) is 0 Å². The molecular weight excluding hydrogens is 284 g/mol. The van der Waals surface area contributed by atoms with Crippen LogP contribution in [0.3, 0.4) is 0 Å². The van der Waals surface area contributed by atoms with Crippen LogP contribution in [0.4, 0.5) is 0 Å². The van der Waals surface area contributed by atoms with Gasteiger partial charge in [0.15, 0.2) is 0 Å². The second-order valence-corrected chi connectivity index (χ2v) is 5.85. The van der Waals surface area contributed by atoms with Gasteiger partial charge in [0.2, 0.25) is 0 Å². The number of hydrogen-bond donors (Lipinski definition) is 0. The van der Waals surface area contributed by atoms with E-state index in [2.05, 4.69) is 41.0 Å². The van der Waals surface area contributed by atoms with E-state index in [4.69, 9.17) is 11.6 Å². The van der Waals surface area contributed by atoms with Gasteiger partial charge in [-0.1, -0.05) is 18.5 Å². The zero-order chi connectivity index (χ0) is 15.4. The first-order valence-corrected chi connectivity index (χ1v) is 7.71. The summed E-state index contributed by atoms with van der Waals surface area (Å²) in [4.78, 5) is 6.52. The molecule has 0 aliphatic heterocycles. The number of nitrogens with zero attached hydrogens (tertiary/aromatic N) is 4. The quantitative estimate of drug-likeness (QED) is 0.818. The number of pyridine rings is 1. The SMILES string of the molecule is CCC(C)N(Cc1ccncc1)Cc1c(C)nn(C)c1Cl. The molecule has 0 bridgehead atoms. The van der Waals surface area contributed by atoms with Gasteiger partial charge in [0.05, 0.1) is 5.69 Å². The van der Waals surface area contributed by atoms with E-state index < -0.39 is 0 Å². The summed E-state index contributed by atoms with van der Waals surface area (Å²) >= 11 is 6.37. The third kappa shape index (κ3) is 3.83. The van der Waals surface area contributed by atoms with Crippen LogP contribution in [0.1, 0.15) is 37.1 Å². The molecule has 5 heteroatoms. The minimum atomic E-state index is 0.480. The summed E-state index contributed by atoms with van der Waals surface area (Å²) in [5.74, 6) is 0. The van der Waals surface area contributed by atoms with Crippen LogP contribution in [0, 0.1) is 6.92 Å². The van der Waals surface area contributed by atoms with Crippen molar-refractivity contribution in [3.63, 3.8) is 0 Å². The van der Waals surface area contributed by atoms with Crippen molar-refractivity contribution < 1.29 is 0 Å². The van der Waals surface area contributed by atoms with Crippen LogP contribution in [0.5, 0.6) is 0 Å². The maximum absolute atomic E-state index is 6.37. The molecule has 2 heterocycles. The van der Waals surface area contributed by atoms with Gasteiger partial charge in [-0.05, 0) is 38.0 Å². The van der Waals surface area contributed by atoms with Crippen LogP contribution in [0.2, 0.25) is 5.15 Å². The average molecular weight is 307 g/mol. The normalized spacial score (nSPS) is 12.9. The highest BCUT2D eigenvalue weighted by molar-refractivity contribution is 6.30. The van der Waals surface area contributed by atoms with Gasteiger partial charge in [-0.3, -0.25) is 14.6 Å². The molecule has 0 aliphatic carbocycles. The van der Waals surface area contributed by atoms with Gasteiger partial charge in [0.1, 0.15) is 5.15 Å². The van der Waals surface area contributed by atoms with Crippen LogP contribution in [0.15, 0.2) is 24.5 Å². The first-order valence-electron chi connectivity index (χ1n) is 7.33. The second-order valence-electron chi connectivity index (χ2n) is 5.50. The van der Waals surface area contributed by atoms with Gasteiger partial charge in [-0.2, -0.15) is 5.10 Å². The molecule has 0 aromatic carbocycles. The van der Waals surface area contributed by atoms with E-state index in [0.717, 1.165) is 35.9 Å². The Morgan fingerprint density at radius 1 is 1.29 bits per heavy atom. The fourth-order valence-corrected chi connectivity index (χ4v) is 2.64. The third-order valence-corrected chi connectivity index (χ3v) is 4.45. The van der Waals surface area contributed by atoms with Crippen molar-refractivity contribution in [2.24, 2.45) is 7.05 Å². The van der Waals surface area contributed by atoms with E-state index in [1.54, 1.807) is 4.68 Å². The Morgan fingerprint density at radius 3 is 2.48 bits per heavy atom. The Hall–Kier alpha value is -1.39. The van der Waals surface area contributed by atoms with Gasteiger partial charge in [-0.25, -0.2) is 0 Å². The van der Waals surface area contributed by atoms with E-state index in [1.165, 1.54) is 5.56 Å². The summed E-state index contributed by atoms with van der Waals surface area (Å²) < 4.78 is 1.74. The number of aromatic nitrogens is 3. The molecular formula is C16H23ClN4. The smallest absolute Gasteiger partial charge is 0.131 e. The maximum Gasteiger partial charge on any atom is 0.131 e. The molecule has 0 aliphatic rings. The summed E-state index contributed by atoms with van der Waals surface area (Å²) in [6, 6.07) is 4.61. The van der Waals surface area contributed by atoms with Crippen molar-refractivity contribution >= 4 is 11.6 Å². The van der Waals surface area contributed by atoms with Crippen molar-refractivity contribution in [1.82, 2.24) is 19.7 Å². The molecule has 0 saturated carbocycles. The van der Waals surface area contributed by atoms with Crippen molar-refractivity contribution in [3.8, 4) is 0 Å². The summed E-state index contributed by atoms with van der Waals surface area (Å²) in [5, 5.41) is 5.14. The zero-order valence-electron chi connectivity index (χ0n) is 13.2. The minimum Gasteiger partial charge on any atom is -0.292 e. The van der Waals surface area contributed by atoms with Crippen LogP contribution in [-0.4, -0.2) is 25.7 Å². The number of halogens is 1. The Morgan fingerprint density at radius 2 is 1.95 bits per heavy atom. The Bertz CT molecular complexity index is 579. The van der Waals surface area contributed by atoms with E-state index in [0.29, 0.717) is 6.04 Å². The average Bonchev–Trinajstić information content (AvgIpc) is 2.73. The topological polar surface area (TPSA) is 34.0 Å². The number of rotatable bonds is 6. The van der Waals surface area contributed by atoms with Gasteiger partial charge in [0, 0.05) is 44.1 Å². The van der Waals surface area contributed by atoms with E-state index in [-0.39, 0.29) is 0 Å². The summed E-state index contributed by atoms with van der Waals surface area (Å²) in [5.41, 5.74) is 3.39. The fraction of sp³-hybridized carbons (Fsp3) is 0.500. The first-order chi connectivity index (χ1) is 10.0. The van der Waals surface area contributed by atoms with E-state index in [9.17, 15) is 0 Å². The molecule has 0 N–H and O–H groups in total. The minimum absolute atomic E-state index is 0.480. The predicted octanol–water partition coefficient (Wildman–Crippen LogP) is 3.58. The number of aryl methyl sites for hydroxylation is 2. The molecule has 114 valence electrons. The lowest BCUT2D eigenvalue weighted by molar-refractivity contribution is 0.185. The molecule has 4 nitrogen and oxygen atoms in total. The van der Waals surface area contributed by atoms with Gasteiger partial charge in [-0.15, -0.1) is 0 Å². The molecule has 0 fully saturated rings. The summed E-state index contributed by atoms with van der Waals surface area (Å²) in [7, 11) is 1.88. The highest BCUT2D eigenvalue weighted by Gasteiger charge is 2.18. The van der Waals surface area contributed by atoms with E-state index >= 15 is 0 Å². The lowest BCUT2D eigenvalue weighted by Crippen LogP contribution is -2.31. The van der Waals surface area contributed by atoms with Gasteiger partial charge in [0.25, 0.3) is 0 Å². The molecule has 1 unspecified atom stereocenters. The molecule has 0 radical (unpaired) electrons. The standard InChI is InChI=1S/C16H23ClN4/c1-5-12(2)21(10-14-6-8-18-9-7-14)11-15-13(3)19-20(4)16(15)17/h6-9,12H,5,10-11H2,1-4H3. The predicted molar refractivity (Wildman–Crippen MR) is 86.2 cm³/mol. The Balaban J connectivity index is 2.20. The first kappa shape index (κ1) is 16.0. The molecule has 0 saturated heterocycles.